The molecule has 5 heteroatoms. The molecule has 0 N–H and O–H groups in total. The fraction of sp³-hybridized carbons (Fsp3) is 0.417. The average molecular weight is 262 g/mol. The number of hydrogen-bond acceptors (Lipinski definition) is 1. The molecule has 17 heavy (non-hydrogen) atoms. The Balaban J connectivity index is 3.04. The summed E-state index contributed by atoms with van der Waals surface area (Å²) >= 11 is 5.58. The molecule has 0 saturated heterocycles. The fourth-order valence-corrected chi connectivity index (χ4v) is 1.68. The van der Waals surface area contributed by atoms with Crippen molar-refractivity contribution in [3.8, 4) is 0 Å². The molecular weight excluding hydrogens is 248 g/mol. The third kappa shape index (κ3) is 3.40. The second-order valence-corrected chi connectivity index (χ2v) is 4.28. The third-order valence-corrected chi connectivity index (χ3v) is 2.54. The number of carbonyl (C=O) groups excluding carboxylic acids is 1. The van der Waals surface area contributed by atoms with E-state index in [-0.39, 0.29) is 17.5 Å². The normalized spacial score (nSPS) is 10.7. The van der Waals surface area contributed by atoms with Crippen LogP contribution in [0.5, 0.6) is 0 Å². The lowest BCUT2D eigenvalue weighted by Crippen LogP contribution is -2.38. The maximum absolute atomic E-state index is 13.4. The number of benzene rings is 1. The van der Waals surface area contributed by atoms with Gasteiger partial charge in [-0.3, -0.25) is 4.79 Å². The van der Waals surface area contributed by atoms with E-state index in [4.69, 9.17) is 11.6 Å². The summed E-state index contributed by atoms with van der Waals surface area (Å²) in [4.78, 5) is 13.4. The Morgan fingerprint density at radius 3 is 2.59 bits per heavy atom. The van der Waals surface area contributed by atoms with Crippen LogP contribution < -0.4 is 0 Å². The summed E-state index contributed by atoms with van der Waals surface area (Å²) in [5.41, 5.74) is -0.260. The van der Waals surface area contributed by atoms with Crippen molar-refractivity contribution in [2.75, 3.05) is 12.4 Å². The zero-order chi connectivity index (χ0) is 13.0. The second kappa shape index (κ2) is 5.96. The van der Waals surface area contributed by atoms with Gasteiger partial charge in [-0.05, 0) is 32.0 Å². The summed E-state index contributed by atoms with van der Waals surface area (Å²) in [6, 6.07) is 2.71. The van der Waals surface area contributed by atoms with Gasteiger partial charge in [0.1, 0.15) is 11.6 Å². The number of amides is 1. The van der Waals surface area contributed by atoms with E-state index < -0.39 is 17.5 Å². The van der Waals surface area contributed by atoms with Gasteiger partial charge < -0.3 is 4.90 Å². The number of carbonyl (C=O) groups is 1. The van der Waals surface area contributed by atoms with Crippen LogP contribution in [0.4, 0.5) is 8.78 Å². The molecule has 0 aliphatic rings. The predicted molar refractivity (Wildman–Crippen MR) is 63.3 cm³/mol. The minimum atomic E-state index is -0.725. The third-order valence-electron chi connectivity index (χ3n) is 2.37. The Morgan fingerprint density at radius 1 is 1.41 bits per heavy atom. The van der Waals surface area contributed by atoms with Crippen LogP contribution in [0.25, 0.3) is 0 Å². The highest BCUT2D eigenvalue weighted by Gasteiger charge is 2.21. The summed E-state index contributed by atoms with van der Waals surface area (Å²) in [5, 5.41) is 0. The molecule has 2 nitrogen and oxygen atoms in total. The average Bonchev–Trinajstić information content (AvgIpc) is 2.28. The Morgan fingerprint density at radius 2 is 2.06 bits per heavy atom. The number of rotatable bonds is 4. The molecule has 94 valence electrons. The molecule has 1 aromatic carbocycles. The Kier molecular flexibility index (Phi) is 4.87. The molecule has 0 aliphatic heterocycles. The van der Waals surface area contributed by atoms with Crippen molar-refractivity contribution in [3.05, 3.63) is 35.4 Å². The quantitative estimate of drug-likeness (QED) is 0.763. The van der Waals surface area contributed by atoms with Crippen molar-refractivity contribution in [2.45, 2.75) is 19.9 Å². The molecule has 1 aromatic rings. The van der Waals surface area contributed by atoms with Crippen molar-refractivity contribution in [1.29, 1.82) is 0 Å². The Hall–Kier alpha value is -1.16. The van der Waals surface area contributed by atoms with E-state index in [2.05, 4.69) is 0 Å². The number of halogens is 3. The van der Waals surface area contributed by atoms with Crippen molar-refractivity contribution in [3.63, 3.8) is 0 Å². The number of nitrogens with zero attached hydrogens (tertiary/aromatic N) is 1. The van der Waals surface area contributed by atoms with Gasteiger partial charge in [0, 0.05) is 18.5 Å². The molecule has 0 spiro atoms. The summed E-state index contributed by atoms with van der Waals surface area (Å²) in [6.07, 6.45) is 0. The molecule has 0 fully saturated rings. The van der Waals surface area contributed by atoms with Crippen molar-refractivity contribution in [1.82, 2.24) is 4.90 Å². The molecule has 1 rings (SSSR count). The van der Waals surface area contributed by atoms with E-state index in [1.165, 1.54) is 4.90 Å². The van der Waals surface area contributed by atoms with Crippen LogP contribution >= 0.6 is 11.6 Å². The first-order valence-electron chi connectivity index (χ1n) is 5.29. The van der Waals surface area contributed by atoms with Gasteiger partial charge in [-0.2, -0.15) is 0 Å². The molecule has 0 aromatic heterocycles. The molecule has 0 unspecified atom stereocenters. The van der Waals surface area contributed by atoms with Crippen molar-refractivity contribution >= 4 is 17.5 Å². The van der Waals surface area contributed by atoms with Gasteiger partial charge in [-0.15, -0.1) is 11.6 Å². The van der Waals surface area contributed by atoms with Gasteiger partial charge in [-0.1, -0.05) is 0 Å². The fourth-order valence-electron chi connectivity index (χ4n) is 1.50. The van der Waals surface area contributed by atoms with Crippen LogP contribution in [0.1, 0.15) is 24.2 Å². The first-order chi connectivity index (χ1) is 7.97. The van der Waals surface area contributed by atoms with Gasteiger partial charge in [0.05, 0.1) is 5.56 Å². The van der Waals surface area contributed by atoms with Crippen LogP contribution in [0.3, 0.4) is 0 Å². The Bertz CT molecular complexity index is 409. The monoisotopic (exact) mass is 261 g/mol. The van der Waals surface area contributed by atoms with Crippen LogP contribution in [-0.2, 0) is 0 Å². The zero-order valence-corrected chi connectivity index (χ0v) is 10.5. The van der Waals surface area contributed by atoms with E-state index in [0.717, 1.165) is 18.2 Å². The maximum Gasteiger partial charge on any atom is 0.257 e. The van der Waals surface area contributed by atoms with E-state index in [1.807, 2.05) is 0 Å². The van der Waals surface area contributed by atoms with Crippen molar-refractivity contribution < 1.29 is 13.6 Å². The summed E-state index contributed by atoms with van der Waals surface area (Å²) in [6.45, 7) is 3.89. The second-order valence-electron chi connectivity index (χ2n) is 3.91. The topological polar surface area (TPSA) is 20.3 Å². The van der Waals surface area contributed by atoms with E-state index in [9.17, 15) is 13.6 Å². The highest BCUT2D eigenvalue weighted by Crippen LogP contribution is 2.14. The van der Waals surface area contributed by atoms with Gasteiger partial charge in [-0.25, -0.2) is 8.78 Å². The predicted octanol–water partition coefficient (Wildman–Crippen LogP) is 3.05. The van der Waals surface area contributed by atoms with E-state index in [1.54, 1.807) is 13.8 Å². The number of alkyl halides is 1. The highest BCUT2D eigenvalue weighted by atomic mass is 35.5. The minimum absolute atomic E-state index is 0.121. The van der Waals surface area contributed by atoms with E-state index >= 15 is 0 Å². The van der Waals surface area contributed by atoms with Crippen LogP contribution in [-0.4, -0.2) is 29.3 Å². The molecule has 0 atom stereocenters. The standard InChI is InChI=1S/C12H14ClF2NO/c1-8(2)16(6-5-13)12(17)10-7-9(14)3-4-11(10)15/h3-4,7-8H,5-6H2,1-2H3. The highest BCUT2D eigenvalue weighted by molar-refractivity contribution is 6.18. The first kappa shape index (κ1) is 13.9. The number of hydrogen-bond donors (Lipinski definition) is 0. The van der Waals surface area contributed by atoms with E-state index in [0.29, 0.717) is 6.54 Å². The Labute approximate surface area is 104 Å². The summed E-state index contributed by atoms with van der Waals surface area (Å²) in [7, 11) is 0. The van der Waals surface area contributed by atoms with Gasteiger partial charge in [0.2, 0.25) is 0 Å². The first-order valence-corrected chi connectivity index (χ1v) is 5.82. The molecule has 0 heterocycles. The summed E-state index contributed by atoms with van der Waals surface area (Å²) in [5.74, 6) is -1.65. The van der Waals surface area contributed by atoms with Crippen LogP contribution in [0, 0.1) is 11.6 Å². The molecule has 1 amide bonds. The molecule has 0 bridgehead atoms. The summed E-state index contributed by atoms with van der Waals surface area (Å²) < 4.78 is 26.4. The lowest BCUT2D eigenvalue weighted by molar-refractivity contribution is 0.0713. The lowest BCUT2D eigenvalue weighted by Gasteiger charge is -2.26. The molecule has 0 aliphatic carbocycles. The molecule has 0 radical (unpaired) electrons. The smallest absolute Gasteiger partial charge is 0.257 e. The largest absolute Gasteiger partial charge is 0.335 e. The lowest BCUT2D eigenvalue weighted by atomic mass is 10.1. The zero-order valence-electron chi connectivity index (χ0n) is 9.71. The van der Waals surface area contributed by atoms with Gasteiger partial charge in [0.15, 0.2) is 0 Å². The minimum Gasteiger partial charge on any atom is -0.335 e. The van der Waals surface area contributed by atoms with Crippen molar-refractivity contribution in [2.24, 2.45) is 0 Å². The SMILES string of the molecule is CC(C)N(CCCl)C(=O)c1cc(F)ccc1F. The maximum atomic E-state index is 13.4. The van der Waals surface area contributed by atoms with Crippen LogP contribution in [0.2, 0.25) is 0 Å². The van der Waals surface area contributed by atoms with Gasteiger partial charge in [0.25, 0.3) is 5.91 Å². The van der Waals surface area contributed by atoms with Crippen LogP contribution in [0.15, 0.2) is 18.2 Å². The molecular formula is C12H14ClF2NO. The molecule has 0 saturated carbocycles. The van der Waals surface area contributed by atoms with Gasteiger partial charge >= 0.3 is 0 Å².